The summed E-state index contributed by atoms with van der Waals surface area (Å²) < 4.78 is 10.8. The first-order valence-electron chi connectivity index (χ1n) is 6.68. The lowest BCUT2D eigenvalue weighted by Crippen LogP contribution is -2.53. The molecule has 2 rings (SSSR count). The zero-order chi connectivity index (χ0) is 12.3. The molecule has 2 N–H and O–H groups in total. The van der Waals surface area contributed by atoms with Gasteiger partial charge in [0, 0.05) is 13.2 Å². The summed E-state index contributed by atoms with van der Waals surface area (Å²) in [7, 11) is 0. The highest BCUT2D eigenvalue weighted by molar-refractivity contribution is 5.80. The first kappa shape index (κ1) is 12.8. The molecule has 0 atom stereocenters. The number of rotatable bonds is 2. The van der Waals surface area contributed by atoms with Crippen LogP contribution in [0.15, 0.2) is 0 Å². The first-order valence-corrected chi connectivity index (χ1v) is 6.68. The van der Waals surface area contributed by atoms with E-state index in [2.05, 4.69) is 6.92 Å². The van der Waals surface area contributed by atoms with E-state index in [1.807, 2.05) is 0 Å². The number of ether oxygens (including phenoxy) is 2. The van der Waals surface area contributed by atoms with Gasteiger partial charge in [0.05, 0.1) is 0 Å². The minimum atomic E-state index is -0.804. The Labute approximate surface area is 103 Å². The van der Waals surface area contributed by atoms with E-state index in [1.54, 1.807) is 0 Å². The molecule has 0 radical (unpaired) electrons. The normalized spacial score (nSPS) is 33.1. The lowest BCUT2D eigenvalue weighted by Gasteiger charge is -2.34. The molecular weight excluding hydrogens is 218 g/mol. The molecular formula is C13H23NO3. The van der Waals surface area contributed by atoms with Crippen LogP contribution in [-0.4, -0.2) is 30.8 Å². The van der Waals surface area contributed by atoms with Gasteiger partial charge in [0.25, 0.3) is 0 Å². The Hall–Kier alpha value is -0.610. The quantitative estimate of drug-likeness (QED) is 0.746. The number of carbonyl (C=O) groups excluding carboxylic acids is 1. The Kier molecular flexibility index (Phi) is 4.05. The number of hydrogen-bond acceptors (Lipinski definition) is 4. The van der Waals surface area contributed by atoms with E-state index in [-0.39, 0.29) is 12.1 Å². The predicted molar refractivity (Wildman–Crippen MR) is 64.5 cm³/mol. The Morgan fingerprint density at radius 1 is 1.24 bits per heavy atom. The molecule has 1 aliphatic heterocycles. The van der Waals surface area contributed by atoms with E-state index in [1.165, 1.54) is 0 Å². The lowest BCUT2D eigenvalue weighted by molar-refractivity contribution is -0.161. The van der Waals surface area contributed by atoms with Gasteiger partial charge in [0.1, 0.15) is 11.6 Å². The summed E-state index contributed by atoms with van der Waals surface area (Å²) in [4.78, 5) is 12.1. The second kappa shape index (κ2) is 5.36. The molecule has 4 nitrogen and oxygen atoms in total. The third-order valence-electron chi connectivity index (χ3n) is 4.03. The van der Waals surface area contributed by atoms with Crippen molar-refractivity contribution >= 4 is 5.97 Å². The van der Waals surface area contributed by atoms with Crippen molar-refractivity contribution in [2.75, 3.05) is 13.2 Å². The van der Waals surface area contributed by atoms with E-state index < -0.39 is 5.54 Å². The molecule has 1 aliphatic carbocycles. The van der Waals surface area contributed by atoms with Gasteiger partial charge in [-0.15, -0.1) is 0 Å². The van der Waals surface area contributed by atoms with Gasteiger partial charge in [-0.1, -0.05) is 6.92 Å². The standard InChI is InChI=1S/C13H23NO3/c1-10-2-4-11(5-3-10)17-12(15)13(14)6-8-16-9-7-13/h10-11H,2-9,14H2,1H3. The van der Waals surface area contributed by atoms with Gasteiger partial charge in [-0.05, 0) is 44.4 Å². The minimum absolute atomic E-state index is 0.0852. The number of esters is 1. The van der Waals surface area contributed by atoms with Gasteiger partial charge in [-0.2, -0.15) is 0 Å². The van der Waals surface area contributed by atoms with E-state index in [9.17, 15) is 4.79 Å². The number of nitrogens with two attached hydrogens (primary N) is 1. The fraction of sp³-hybridized carbons (Fsp3) is 0.923. The second-order valence-electron chi connectivity index (χ2n) is 5.56. The summed E-state index contributed by atoms with van der Waals surface area (Å²) in [6.45, 7) is 3.38. The highest BCUT2D eigenvalue weighted by Crippen LogP contribution is 2.28. The average Bonchev–Trinajstić information content (AvgIpc) is 2.33. The van der Waals surface area contributed by atoms with Crippen molar-refractivity contribution in [2.24, 2.45) is 11.7 Å². The summed E-state index contributed by atoms with van der Waals surface area (Å²) in [5.41, 5.74) is 5.29. The van der Waals surface area contributed by atoms with Crippen LogP contribution >= 0.6 is 0 Å². The maximum atomic E-state index is 12.1. The molecule has 0 unspecified atom stereocenters. The van der Waals surface area contributed by atoms with Crippen molar-refractivity contribution in [3.63, 3.8) is 0 Å². The Morgan fingerprint density at radius 3 is 2.41 bits per heavy atom. The summed E-state index contributed by atoms with van der Waals surface area (Å²) in [6, 6.07) is 0. The topological polar surface area (TPSA) is 61.5 Å². The van der Waals surface area contributed by atoms with E-state index >= 15 is 0 Å². The third-order valence-corrected chi connectivity index (χ3v) is 4.03. The van der Waals surface area contributed by atoms with Crippen LogP contribution in [0.5, 0.6) is 0 Å². The molecule has 0 aromatic carbocycles. The summed E-state index contributed by atoms with van der Waals surface area (Å²) >= 11 is 0. The fourth-order valence-corrected chi connectivity index (χ4v) is 2.56. The Bertz CT molecular complexity index is 266. The van der Waals surface area contributed by atoms with Crippen LogP contribution in [0.2, 0.25) is 0 Å². The van der Waals surface area contributed by atoms with Crippen molar-refractivity contribution < 1.29 is 14.3 Å². The first-order chi connectivity index (χ1) is 8.10. The minimum Gasteiger partial charge on any atom is -0.461 e. The van der Waals surface area contributed by atoms with Crippen LogP contribution in [-0.2, 0) is 14.3 Å². The summed E-state index contributed by atoms with van der Waals surface area (Å²) in [6.07, 6.45) is 5.52. The van der Waals surface area contributed by atoms with Gasteiger partial charge in [0.2, 0.25) is 0 Å². The fourth-order valence-electron chi connectivity index (χ4n) is 2.56. The third kappa shape index (κ3) is 3.19. The molecule has 0 bridgehead atoms. The maximum absolute atomic E-state index is 12.1. The van der Waals surface area contributed by atoms with E-state index in [4.69, 9.17) is 15.2 Å². The highest BCUT2D eigenvalue weighted by atomic mass is 16.5. The van der Waals surface area contributed by atoms with Gasteiger partial charge in [0.15, 0.2) is 0 Å². The second-order valence-corrected chi connectivity index (χ2v) is 5.56. The van der Waals surface area contributed by atoms with Crippen LogP contribution in [0.4, 0.5) is 0 Å². The molecule has 98 valence electrons. The Balaban J connectivity index is 1.83. The van der Waals surface area contributed by atoms with Gasteiger partial charge in [-0.25, -0.2) is 0 Å². The van der Waals surface area contributed by atoms with Crippen LogP contribution in [0.3, 0.4) is 0 Å². The Morgan fingerprint density at radius 2 is 1.82 bits per heavy atom. The number of carbonyl (C=O) groups is 1. The highest BCUT2D eigenvalue weighted by Gasteiger charge is 2.39. The summed E-state index contributed by atoms with van der Waals surface area (Å²) in [5, 5.41) is 0. The smallest absolute Gasteiger partial charge is 0.326 e. The van der Waals surface area contributed by atoms with Crippen molar-refractivity contribution in [1.82, 2.24) is 0 Å². The van der Waals surface area contributed by atoms with E-state index in [0.29, 0.717) is 26.1 Å². The molecule has 0 amide bonds. The zero-order valence-electron chi connectivity index (χ0n) is 10.6. The largest absolute Gasteiger partial charge is 0.461 e. The van der Waals surface area contributed by atoms with Crippen LogP contribution < -0.4 is 5.73 Å². The molecule has 1 saturated carbocycles. The van der Waals surface area contributed by atoms with Crippen LogP contribution in [0.25, 0.3) is 0 Å². The van der Waals surface area contributed by atoms with Crippen molar-refractivity contribution in [1.29, 1.82) is 0 Å². The van der Waals surface area contributed by atoms with Gasteiger partial charge >= 0.3 is 5.97 Å². The zero-order valence-corrected chi connectivity index (χ0v) is 10.6. The molecule has 2 fully saturated rings. The monoisotopic (exact) mass is 241 g/mol. The van der Waals surface area contributed by atoms with Gasteiger partial charge in [-0.3, -0.25) is 4.79 Å². The molecule has 4 heteroatoms. The molecule has 2 aliphatic rings. The summed E-state index contributed by atoms with van der Waals surface area (Å²) in [5.74, 6) is 0.542. The van der Waals surface area contributed by atoms with Crippen LogP contribution in [0.1, 0.15) is 45.4 Å². The number of hydrogen-bond donors (Lipinski definition) is 1. The molecule has 1 heterocycles. The maximum Gasteiger partial charge on any atom is 0.326 e. The van der Waals surface area contributed by atoms with Crippen molar-refractivity contribution in [3.05, 3.63) is 0 Å². The predicted octanol–water partition coefficient (Wildman–Crippen LogP) is 1.62. The van der Waals surface area contributed by atoms with Crippen LogP contribution in [0, 0.1) is 5.92 Å². The molecule has 1 saturated heterocycles. The van der Waals surface area contributed by atoms with Gasteiger partial charge < -0.3 is 15.2 Å². The molecule has 0 spiro atoms. The van der Waals surface area contributed by atoms with Crippen molar-refractivity contribution in [2.45, 2.75) is 57.1 Å². The molecule has 0 aromatic rings. The lowest BCUT2D eigenvalue weighted by atomic mass is 9.88. The van der Waals surface area contributed by atoms with Crippen molar-refractivity contribution in [3.8, 4) is 0 Å². The average molecular weight is 241 g/mol. The SMILES string of the molecule is CC1CCC(OC(=O)C2(N)CCOCC2)CC1. The molecule has 17 heavy (non-hydrogen) atoms. The van der Waals surface area contributed by atoms with E-state index in [0.717, 1.165) is 31.6 Å². The molecule has 0 aromatic heterocycles.